The molecule has 6 rings (SSSR count). The second-order valence-electron chi connectivity index (χ2n) is 10.6. The molecule has 0 atom stereocenters. The molecule has 0 aliphatic carbocycles. The van der Waals surface area contributed by atoms with Crippen LogP contribution in [0.5, 0.6) is 5.75 Å². The number of aromatic carboxylic acids is 1. The number of anilines is 2. The molecule has 0 amide bonds. The number of nitrogen functional groups attached to an aromatic ring is 1. The van der Waals surface area contributed by atoms with E-state index in [2.05, 4.69) is 9.47 Å². The largest absolute Gasteiger partial charge is 0.489 e. The van der Waals surface area contributed by atoms with Crippen LogP contribution >= 0.6 is 11.3 Å². The number of rotatable bonds is 8. The van der Waals surface area contributed by atoms with E-state index in [-0.39, 0.29) is 0 Å². The van der Waals surface area contributed by atoms with Crippen LogP contribution in [0, 0.1) is 0 Å². The topological polar surface area (TPSA) is 118 Å². The van der Waals surface area contributed by atoms with Crippen LogP contribution < -0.4 is 15.4 Å². The highest BCUT2D eigenvalue weighted by Gasteiger charge is 2.25. The number of sulfonamides is 1. The molecule has 3 aromatic carbocycles. The predicted molar refractivity (Wildman–Crippen MR) is 172 cm³/mol. The van der Waals surface area contributed by atoms with Gasteiger partial charge in [-0.05, 0) is 59.7 Å². The van der Waals surface area contributed by atoms with Gasteiger partial charge in [0, 0.05) is 55.7 Å². The molecule has 0 bridgehead atoms. The van der Waals surface area contributed by atoms with Gasteiger partial charge in [0.1, 0.15) is 17.2 Å². The average molecular weight is 617 g/mol. The molecule has 0 unspecified atom stereocenters. The Morgan fingerprint density at radius 2 is 1.65 bits per heavy atom. The van der Waals surface area contributed by atoms with Crippen LogP contribution in [0.25, 0.3) is 32.6 Å². The molecule has 0 spiro atoms. The smallest absolute Gasteiger partial charge is 0.345 e. The minimum Gasteiger partial charge on any atom is -0.489 e. The third-order valence-electron chi connectivity index (χ3n) is 7.82. The van der Waals surface area contributed by atoms with E-state index in [9.17, 15) is 18.3 Å². The number of aryl methyl sites for hydroxylation is 1. The summed E-state index contributed by atoms with van der Waals surface area (Å²) < 4.78 is 34.6. The second kappa shape index (κ2) is 11.4. The van der Waals surface area contributed by atoms with E-state index in [1.165, 1.54) is 21.9 Å². The predicted octanol–water partition coefficient (Wildman–Crippen LogP) is 5.51. The van der Waals surface area contributed by atoms with Crippen molar-refractivity contribution in [2.75, 3.05) is 43.1 Å². The van der Waals surface area contributed by atoms with Crippen LogP contribution in [-0.2, 0) is 23.7 Å². The molecule has 9 nitrogen and oxygen atoms in total. The number of carboxylic acid groups (broad SMARTS) is 1. The van der Waals surface area contributed by atoms with Crippen LogP contribution in [0.1, 0.15) is 15.2 Å². The monoisotopic (exact) mass is 616 g/mol. The molecule has 1 fully saturated rings. The second-order valence-corrected chi connectivity index (χ2v) is 13.7. The summed E-state index contributed by atoms with van der Waals surface area (Å²) in [4.78, 5) is 14.2. The number of hydrogen-bond donors (Lipinski definition) is 2. The van der Waals surface area contributed by atoms with Crippen molar-refractivity contribution in [3.63, 3.8) is 0 Å². The van der Waals surface area contributed by atoms with E-state index in [0.29, 0.717) is 49.1 Å². The first-order valence-electron chi connectivity index (χ1n) is 13.8. The van der Waals surface area contributed by atoms with Crippen LogP contribution in [0.3, 0.4) is 0 Å². The SMILES string of the molecule is Cn1c(-c2ccc(OCc3cc(N)ccc3N3CCN(S(C)(=O)=O)CC3)cc2)c(-c2ccccc2)c2sc(C(=O)O)cc21. The number of benzene rings is 3. The number of aromatic nitrogens is 1. The maximum absolute atomic E-state index is 11.9. The zero-order chi connectivity index (χ0) is 30.3. The molecule has 43 heavy (non-hydrogen) atoms. The fraction of sp³-hybridized carbons (Fsp3) is 0.219. The van der Waals surface area contributed by atoms with E-state index in [1.807, 2.05) is 79.8 Å². The summed E-state index contributed by atoms with van der Waals surface area (Å²) >= 11 is 1.29. The minimum atomic E-state index is -3.21. The van der Waals surface area contributed by atoms with Crippen molar-refractivity contribution in [3.05, 3.63) is 89.3 Å². The van der Waals surface area contributed by atoms with Crippen molar-refractivity contribution in [2.45, 2.75) is 6.61 Å². The Morgan fingerprint density at radius 1 is 0.953 bits per heavy atom. The van der Waals surface area contributed by atoms with Gasteiger partial charge in [-0.25, -0.2) is 13.2 Å². The minimum absolute atomic E-state index is 0.305. The Morgan fingerprint density at radius 3 is 2.30 bits per heavy atom. The van der Waals surface area contributed by atoms with Gasteiger partial charge in [-0.15, -0.1) is 11.3 Å². The van der Waals surface area contributed by atoms with Gasteiger partial charge in [0.2, 0.25) is 10.0 Å². The number of thiophene rings is 1. The van der Waals surface area contributed by atoms with Crippen LogP contribution in [-0.4, -0.2) is 60.8 Å². The summed E-state index contributed by atoms with van der Waals surface area (Å²) in [7, 11) is -1.25. The highest BCUT2D eigenvalue weighted by atomic mass is 32.2. The standard InChI is InChI=1S/C32H32N4O5S2/c1-34-27-19-28(32(37)38)42-31(27)29(21-6-4-3-5-7-21)30(34)22-8-11-25(12-9-22)41-20-23-18-24(33)10-13-26(23)35-14-16-36(17-15-35)43(2,39)40/h3-13,18-19H,14-17,20,33H2,1-2H3,(H,37,38). The van der Waals surface area contributed by atoms with Crippen molar-refractivity contribution in [2.24, 2.45) is 7.05 Å². The third kappa shape index (κ3) is 5.71. The van der Waals surface area contributed by atoms with Gasteiger partial charge in [0.15, 0.2) is 0 Å². The zero-order valence-electron chi connectivity index (χ0n) is 23.9. The fourth-order valence-electron chi connectivity index (χ4n) is 5.68. The molecule has 222 valence electrons. The van der Waals surface area contributed by atoms with Gasteiger partial charge in [-0.1, -0.05) is 30.3 Å². The van der Waals surface area contributed by atoms with Crippen LogP contribution in [0.2, 0.25) is 0 Å². The van der Waals surface area contributed by atoms with Crippen molar-refractivity contribution < 1.29 is 23.1 Å². The van der Waals surface area contributed by atoms with E-state index >= 15 is 0 Å². The number of nitrogens with two attached hydrogens (primary N) is 1. The first-order chi connectivity index (χ1) is 20.6. The third-order valence-corrected chi connectivity index (χ3v) is 10.3. The van der Waals surface area contributed by atoms with E-state index in [1.54, 1.807) is 6.07 Å². The summed E-state index contributed by atoms with van der Waals surface area (Å²) in [5.74, 6) is -0.229. The molecule has 1 aliphatic heterocycles. The number of nitrogens with zero attached hydrogens (tertiary/aromatic N) is 3. The highest BCUT2D eigenvalue weighted by molar-refractivity contribution is 7.88. The Bertz CT molecular complexity index is 1910. The van der Waals surface area contributed by atoms with E-state index < -0.39 is 16.0 Å². The van der Waals surface area contributed by atoms with E-state index in [0.717, 1.165) is 43.9 Å². The fourth-order valence-corrected chi connectivity index (χ4v) is 7.60. The highest BCUT2D eigenvalue weighted by Crippen LogP contribution is 2.44. The maximum Gasteiger partial charge on any atom is 0.345 e. The lowest BCUT2D eigenvalue weighted by molar-refractivity contribution is 0.0702. The number of ether oxygens (including phenoxy) is 1. The lowest BCUT2D eigenvalue weighted by Crippen LogP contribution is -2.48. The number of hydrogen-bond acceptors (Lipinski definition) is 7. The summed E-state index contributed by atoms with van der Waals surface area (Å²) in [6.07, 6.45) is 1.24. The molecular formula is C32H32N4O5S2. The maximum atomic E-state index is 11.9. The first kappa shape index (κ1) is 28.8. The molecule has 0 saturated carbocycles. The Kier molecular flexibility index (Phi) is 7.63. The molecule has 1 saturated heterocycles. The Hall–Kier alpha value is -4.32. The van der Waals surface area contributed by atoms with Crippen molar-refractivity contribution >= 4 is 48.9 Å². The van der Waals surface area contributed by atoms with Crippen molar-refractivity contribution in [1.29, 1.82) is 0 Å². The lowest BCUT2D eigenvalue weighted by atomic mass is 10.0. The molecule has 3 heterocycles. The van der Waals surface area contributed by atoms with E-state index in [4.69, 9.17) is 10.5 Å². The zero-order valence-corrected chi connectivity index (χ0v) is 25.5. The number of fused-ring (bicyclic) bond motifs is 1. The Balaban J connectivity index is 1.25. The average Bonchev–Trinajstić information content (AvgIpc) is 3.55. The molecule has 5 aromatic rings. The number of carbonyl (C=O) groups is 1. The molecule has 0 radical (unpaired) electrons. The normalized spacial score (nSPS) is 14.3. The van der Waals surface area contributed by atoms with Crippen LogP contribution in [0.4, 0.5) is 11.4 Å². The van der Waals surface area contributed by atoms with Gasteiger partial charge in [-0.2, -0.15) is 4.31 Å². The Labute approximate surface area is 254 Å². The summed E-state index contributed by atoms with van der Waals surface area (Å²) in [6, 6.07) is 25.4. The first-order valence-corrected chi connectivity index (χ1v) is 16.5. The molecular weight excluding hydrogens is 585 g/mol. The molecule has 11 heteroatoms. The van der Waals surface area contributed by atoms with Gasteiger partial charge < -0.3 is 25.0 Å². The van der Waals surface area contributed by atoms with Gasteiger partial charge >= 0.3 is 5.97 Å². The molecule has 2 aromatic heterocycles. The quantitative estimate of drug-likeness (QED) is 0.221. The molecule has 1 aliphatic rings. The van der Waals surface area contributed by atoms with Crippen molar-refractivity contribution in [1.82, 2.24) is 8.87 Å². The summed E-state index contributed by atoms with van der Waals surface area (Å²) in [5.41, 5.74) is 13.6. The van der Waals surface area contributed by atoms with Gasteiger partial charge in [0.25, 0.3) is 0 Å². The van der Waals surface area contributed by atoms with Crippen molar-refractivity contribution in [3.8, 4) is 28.1 Å². The van der Waals surface area contributed by atoms with Crippen LogP contribution in [0.15, 0.2) is 78.9 Å². The number of piperazine rings is 1. The van der Waals surface area contributed by atoms with Gasteiger partial charge in [0.05, 0.1) is 22.2 Å². The lowest BCUT2D eigenvalue weighted by Gasteiger charge is -2.35. The summed E-state index contributed by atoms with van der Waals surface area (Å²) in [6.45, 7) is 2.35. The number of carboxylic acids is 1. The summed E-state index contributed by atoms with van der Waals surface area (Å²) in [5, 5.41) is 9.61. The molecule has 3 N–H and O–H groups in total. The van der Waals surface area contributed by atoms with Gasteiger partial charge in [-0.3, -0.25) is 0 Å².